The predicted molar refractivity (Wildman–Crippen MR) is 85.4 cm³/mol. The highest BCUT2D eigenvalue weighted by Gasteiger charge is 2.25. The smallest absolute Gasteiger partial charge is 0.417 e. The zero-order chi connectivity index (χ0) is 16.4. The molecule has 0 amide bonds. The lowest BCUT2D eigenvalue weighted by Gasteiger charge is -2.12. The van der Waals surface area contributed by atoms with Crippen molar-refractivity contribution in [3.8, 4) is 5.75 Å². The molecular weight excluding hydrogens is 300 g/mol. The molecule has 0 unspecified atom stereocenters. The molecule has 2 aromatic carbocycles. The fourth-order valence-corrected chi connectivity index (χ4v) is 2.31. The van der Waals surface area contributed by atoms with E-state index in [1.165, 1.54) is 7.11 Å². The Morgan fingerprint density at radius 2 is 1.83 bits per heavy atom. The van der Waals surface area contributed by atoms with E-state index in [4.69, 9.17) is 9.15 Å². The molecule has 0 bridgehead atoms. The van der Waals surface area contributed by atoms with E-state index in [-0.39, 0.29) is 11.3 Å². The Labute approximate surface area is 130 Å². The van der Waals surface area contributed by atoms with Crippen LogP contribution < -0.4 is 15.7 Å². The zero-order valence-electron chi connectivity index (χ0n) is 12.1. The number of para-hydroxylation sites is 3. The molecule has 0 atom stereocenters. The number of methoxy groups -OCH3 is 1. The van der Waals surface area contributed by atoms with Crippen LogP contribution in [0.5, 0.6) is 5.75 Å². The number of anilines is 2. The van der Waals surface area contributed by atoms with E-state index in [0.717, 1.165) is 0 Å². The second kappa shape index (κ2) is 5.80. The molecule has 0 radical (unpaired) electrons. The average Bonchev–Trinajstić information content (AvgIpc) is 2.54. The number of fused-ring (bicyclic) bond motifs is 1. The van der Waals surface area contributed by atoms with Gasteiger partial charge in [0.2, 0.25) is 0 Å². The summed E-state index contributed by atoms with van der Waals surface area (Å²) in [7, 11) is 1.49. The summed E-state index contributed by atoms with van der Waals surface area (Å²) in [6.45, 7) is 0. The van der Waals surface area contributed by atoms with Gasteiger partial charge in [0.1, 0.15) is 17.0 Å². The molecule has 0 saturated carbocycles. The number of nitrogens with one attached hydrogen (secondary N) is 1. The minimum Gasteiger partial charge on any atom is -0.495 e. The van der Waals surface area contributed by atoms with E-state index in [1.54, 1.807) is 48.5 Å². The summed E-state index contributed by atoms with van der Waals surface area (Å²) in [5, 5.41) is 14.7. The van der Waals surface area contributed by atoms with Gasteiger partial charge in [-0.2, -0.15) is 0 Å². The monoisotopic (exact) mass is 312 g/mol. The summed E-state index contributed by atoms with van der Waals surface area (Å²) < 4.78 is 10.2. The number of benzene rings is 2. The first kappa shape index (κ1) is 14.6. The quantitative estimate of drug-likeness (QED) is 0.450. The maximum atomic E-state index is 12.0. The lowest BCUT2D eigenvalue weighted by atomic mass is 10.1. The second-order valence-corrected chi connectivity index (χ2v) is 4.69. The van der Waals surface area contributed by atoms with Gasteiger partial charge in [-0.05, 0) is 24.3 Å². The molecule has 7 heteroatoms. The van der Waals surface area contributed by atoms with Crippen LogP contribution in [0.2, 0.25) is 0 Å². The van der Waals surface area contributed by atoms with Gasteiger partial charge in [-0.25, -0.2) is 4.79 Å². The largest absolute Gasteiger partial charge is 0.495 e. The van der Waals surface area contributed by atoms with Crippen molar-refractivity contribution in [1.29, 1.82) is 0 Å². The maximum Gasteiger partial charge on any atom is 0.417 e. The van der Waals surface area contributed by atoms with Crippen molar-refractivity contribution in [2.24, 2.45) is 0 Å². The van der Waals surface area contributed by atoms with Crippen LogP contribution in [0.15, 0.2) is 57.7 Å². The Morgan fingerprint density at radius 1 is 1.13 bits per heavy atom. The number of nitrogens with zero attached hydrogens (tertiary/aromatic N) is 1. The summed E-state index contributed by atoms with van der Waals surface area (Å²) in [4.78, 5) is 22.5. The fourth-order valence-electron chi connectivity index (χ4n) is 2.31. The topological polar surface area (TPSA) is 94.6 Å². The molecule has 1 N–H and O–H groups in total. The maximum absolute atomic E-state index is 12.0. The van der Waals surface area contributed by atoms with Gasteiger partial charge in [0, 0.05) is 5.39 Å². The molecule has 3 rings (SSSR count). The minimum atomic E-state index is -1.01. The highest BCUT2D eigenvalue weighted by atomic mass is 16.6. The molecule has 0 spiro atoms. The summed E-state index contributed by atoms with van der Waals surface area (Å²) in [5.41, 5.74) is -0.804. The second-order valence-electron chi connectivity index (χ2n) is 4.69. The van der Waals surface area contributed by atoms with Crippen molar-refractivity contribution in [3.63, 3.8) is 0 Å². The minimum absolute atomic E-state index is 0.0753. The number of nitro groups is 1. The van der Waals surface area contributed by atoms with Crippen LogP contribution in [-0.2, 0) is 0 Å². The van der Waals surface area contributed by atoms with E-state index >= 15 is 0 Å². The van der Waals surface area contributed by atoms with Gasteiger partial charge < -0.3 is 14.5 Å². The SMILES string of the molecule is COc1ccccc1Nc1c([N+](=O)[O-])c(=O)oc2ccccc12. The molecule has 0 aliphatic heterocycles. The first-order chi connectivity index (χ1) is 11.1. The fraction of sp³-hybridized carbons (Fsp3) is 0.0625. The number of hydrogen-bond acceptors (Lipinski definition) is 6. The van der Waals surface area contributed by atoms with Crippen LogP contribution in [-0.4, -0.2) is 12.0 Å². The zero-order valence-corrected chi connectivity index (χ0v) is 12.1. The Hall–Kier alpha value is -3.35. The molecule has 7 nitrogen and oxygen atoms in total. The van der Waals surface area contributed by atoms with Gasteiger partial charge in [0.05, 0.1) is 17.7 Å². The normalized spacial score (nSPS) is 10.5. The molecule has 23 heavy (non-hydrogen) atoms. The van der Waals surface area contributed by atoms with Gasteiger partial charge in [0.25, 0.3) is 0 Å². The molecule has 0 saturated heterocycles. The Kier molecular flexibility index (Phi) is 3.68. The van der Waals surface area contributed by atoms with Crippen LogP contribution in [0, 0.1) is 10.1 Å². The average molecular weight is 312 g/mol. The molecule has 3 aromatic rings. The van der Waals surface area contributed by atoms with E-state index in [0.29, 0.717) is 16.8 Å². The summed E-state index contributed by atoms with van der Waals surface area (Å²) in [6.07, 6.45) is 0. The Bertz CT molecular complexity index is 949. The molecule has 0 fully saturated rings. The van der Waals surface area contributed by atoms with Crippen LogP contribution in [0.3, 0.4) is 0 Å². The Morgan fingerprint density at radius 3 is 2.57 bits per heavy atom. The van der Waals surface area contributed by atoms with Gasteiger partial charge in [-0.15, -0.1) is 0 Å². The van der Waals surface area contributed by atoms with Gasteiger partial charge in [-0.3, -0.25) is 10.1 Å². The number of ether oxygens (including phenoxy) is 1. The van der Waals surface area contributed by atoms with Gasteiger partial charge in [0.15, 0.2) is 0 Å². The van der Waals surface area contributed by atoms with Crippen molar-refractivity contribution in [3.05, 3.63) is 69.1 Å². The molecule has 1 aromatic heterocycles. The van der Waals surface area contributed by atoms with Crippen molar-refractivity contribution in [2.75, 3.05) is 12.4 Å². The van der Waals surface area contributed by atoms with Gasteiger partial charge >= 0.3 is 11.3 Å². The molecule has 0 aliphatic rings. The third-order valence-electron chi connectivity index (χ3n) is 3.34. The highest BCUT2D eigenvalue weighted by molar-refractivity contribution is 5.96. The standard InChI is InChI=1S/C16H12N2O5/c1-22-13-9-5-3-7-11(13)17-14-10-6-2-4-8-12(10)23-16(19)15(14)18(20)21/h2-9,17H,1H3. The van der Waals surface area contributed by atoms with Crippen molar-refractivity contribution in [1.82, 2.24) is 0 Å². The lowest BCUT2D eigenvalue weighted by Crippen LogP contribution is -2.10. The van der Waals surface area contributed by atoms with Crippen molar-refractivity contribution >= 4 is 28.0 Å². The van der Waals surface area contributed by atoms with E-state index in [9.17, 15) is 14.9 Å². The summed E-state index contributed by atoms with van der Waals surface area (Å²) >= 11 is 0. The third kappa shape index (κ3) is 2.59. The van der Waals surface area contributed by atoms with Gasteiger partial charge in [-0.1, -0.05) is 24.3 Å². The summed E-state index contributed by atoms with van der Waals surface area (Å²) in [6, 6.07) is 13.5. The van der Waals surface area contributed by atoms with Crippen molar-refractivity contribution < 1.29 is 14.1 Å². The molecule has 116 valence electrons. The van der Waals surface area contributed by atoms with Crippen LogP contribution in [0.25, 0.3) is 11.0 Å². The number of rotatable bonds is 4. The third-order valence-corrected chi connectivity index (χ3v) is 3.34. The van der Waals surface area contributed by atoms with E-state index in [2.05, 4.69) is 5.32 Å². The first-order valence-electron chi connectivity index (χ1n) is 6.72. The number of hydrogen-bond donors (Lipinski definition) is 1. The first-order valence-corrected chi connectivity index (χ1v) is 6.72. The van der Waals surface area contributed by atoms with E-state index in [1.807, 2.05) is 0 Å². The molecule has 0 aliphatic carbocycles. The molecule has 1 heterocycles. The van der Waals surface area contributed by atoms with E-state index < -0.39 is 16.2 Å². The predicted octanol–water partition coefficient (Wildman–Crippen LogP) is 3.45. The van der Waals surface area contributed by atoms with Crippen LogP contribution in [0.4, 0.5) is 17.1 Å². The van der Waals surface area contributed by atoms with Crippen LogP contribution in [0.1, 0.15) is 0 Å². The highest BCUT2D eigenvalue weighted by Crippen LogP contribution is 2.35. The Balaban J connectivity index is 2.28. The lowest BCUT2D eigenvalue weighted by molar-refractivity contribution is -0.386. The summed E-state index contributed by atoms with van der Waals surface area (Å²) in [5.74, 6) is 0.499. The van der Waals surface area contributed by atoms with Crippen molar-refractivity contribution in [2.45, 2.75) is 0 Å². The molecular formula is C16H12N2O5. The van der Waals surface area contributed by atoms with Crippen LogP contribution >= 0.6 is 0 Å².